The average Bonchev–Trinajstić information content (AvgIpc) is 3.13. The standard InChI is InChI=1S/C23H17BrF3N3O2/c24-18-12-11-16(13-17(18)23(25,26)27)28-22(32)30-20(15-9-5-2-6-10-15)19(21(31)29-30)14-7-3-1-4-8-14/h1-13,19-20H,(H,28,32)(H,29,31). The summed E-state index contributed by atoms with van der Waals surface area (Å²) in [6.45, 7) is 0. The van der Waals surface area contributed by atoms with E-state index in [4.69, 9.17) is 0 Å². The molecule has 5 nitrogen and oxygen atoms in total. The summed E-state index contributed by atoms with van der Waals surface area (Å²) in [6, 6.07) is 20.0. The smallest absolute Gasteiger partial charge is 0.306 e. The summed E-state index contributed by atoms with van der Waals surface area (Å²) in [5, 5.41) is 3.60. The molecule has 2 atom stereocenters. The van der Waals surface area contributed by atoms with Gasteiger partial charge in [0.25, 0.3) is 0 Å². The van der Waals surface area contributed by atoms with Gasteiger partial charge in [0.1, 0.15) is 0 Å². The van der Waals surface area contributed by atoms with E-state index in [0.29, 0.717) is 5.56 Å². The minimum atomic E-state index is -4.59. The molecule has 3 aromatic carbocycles. The number of carbonyl (C=O) groups excluding carboxylic acids is 2. The number of hydrazine groups is 1. The molecule has 1 heterocycles. The summed E-state index contributed by atoms with van der Waals surface area (Å²) in [5.41, 5.74) is 3.05. The number of alkyl halides is 3. The van der Waals surface area contributed by atoms with Gasteiger partial charge < -0.3 is 5.32 Å². The second-order valence-electron chi connectivity index (χ2n) is 7.21. The molecule has 0 spiro atoms. The van der Waals surface area contributed by atoms with Crippen LogP contribution in [-0.4, -0.2) is 16.9 Å². The van der Waals surface area contributed by atoms with Crippen LogP contribution in [-0.2, 0) is 11.0 Å². The van der Waals surface area contributed by atoms with E-state index in [2.05, 4.69) is 26.7 Å². The number of amides is 3. The van der Waals surface area contributed by atoms with Crippen molar-refractivity contribution in [3.63, 3.8) is 0 Å². The van der Waals surface area contributed by atoms with Crippen LogP contribution in [0, 0.1) is 0 Å². The topological polar surface area (TPSA) is 61.4 Å². The molecule has 0 radical (unpaired) electrons. The predicted molar refractivity (Wildman–Crippen MR) is 117 cm³/mol. The van der Waals surface area contributed by atoms with E-state index in [9.17, 15) is 22.8 Å². The highest BCUT2D eigenvalue weighted by Crippen LogP contribution is 2.40. The van der Waals surface area contributed by atoms with E-state index >= 15 is 0 Å². The van der Waals surface area contributed by atoms with Crippen LogP contribution >= 0.6 is 15.9 Å². The summed E-state index contributed by atoms with van der Waals surface area (Å²) in [6.07, 6.45) is -4.59. The van der Waals surface area contributed by atoms with Crippen molar-refractivity contribution >= 4 is 33.6 Å². The Morgan fingerprint density at radius 3 is 2.12 bits per heavy atom. The number of carbonyl (C=O) groups is 2. The summed E-state index contributed by atoms with van der Waals surface area (Å²) in [5.74, 6) is -1.06. The first kappa shape index (κ1) is 21.9. The number of benzene rings is 3. The average molecular weight is 504 g/mol. The van der Waals surface area contributed by atoms with Gasteiger partial charge >= 0.3 is 12.2 Å². The molecule has 0 aromatic heterocycles. The zero-order chi connectivity index (χ0) is 22.9. The lowest BCUT2D eigenvalue weighted by Crippen LogP contribution is -2.42. The highest BCUT2D eigenvalue weighted by molar-refractivity contribution is 9.10. The van der Waals surface area contributed by atoms with Gasteiger partial charge in [-0.2, -0.15) is 13.2 Å². The van der Waals surface area contributed by atoms with Crippen LogP contribution in [0.2, 0.25) is 0 Å². The first-order valence-electron chi connectivity index (χ1n) is 9.63. The monoisotopic (exact) mass is 503 g/mol. The maximum atomic E-state index is 13.2. The lowest BCUT2D eigenvalue weighted by molar-refractivity contribution is -0.138. The van der Waals surface area contributed by atoms with Crippen molar-refractivity contribution in [2.75, 3.05) is 5.32 Å². The molecule has 1 saturated heterocycles. The number of nitrogens with zero attached hydrogens (tertiary/aromatic N) is 1. The van der Waals surface area contributed by atoms with E-state index in [1.54, 1.807) is 48.5 Å². The van der Waals surface area contributed by atoms with E-state index in [-0.39, 0.29) is 16.1 Å². The molecule has 2 unspecified atom stereocenters. The zero-order valence-corrected chi connectivity index (χ0v) is 18.0. The van der Waals surface area contributed by atoms with Gasteiger partial charge in [-0.05, 0) is 29.3 Å². The Hall–Kier alpha value is -3.33. The molecule has 4 rings (SSSR count). The largest absolute Gasteiger partial charge is 0.417 e. The van der Waals surface area contributed by atoms with Crippen LogP contribution < -0.4 is 10.7 Å². The van der Waals surface area contributed by atoms with Crippen molar-refractivity contribution in [3.8, 4) is 0 Å². The number of hydrogen-bond donors (Lipinski definition) is 2. The summed E-state index contributed by atoms with van der Waals surface area (Å²) in [4.78, 5) is 25.9. The molecule has 0 bridgehead atoms. The molecule has 164 valence electrons. The number of nitrogens with one attached hydrogen (secondary N) is 2. The number of anilines is 1. The first-order chi connectivity index (χ1) is 15.3. The highest BCUT2D eigenvalue weighted by atomic mass is 79.9. The molecule has 2 N–H and O–H groups in total. The number of halogens is 4. The van der Waals surface area contributed by atoms with E-state index < -0.39 is 29.7 Å². The fraction of sp³-hybridized carbons (Fsp3) is 0.130. The van der Waals surface area contributed by atoms with Crippen molar-refractivity contribution < 1.29 is 22.8 Å². The van der Waals surface area contributed by atoms with Crippen molar-refractivity contribution in [1.82, 2.24) is 10.4 Å². The number of hydrogen-bond acceptors (Lipinski definition) is 2. The minimum Gasteiger partial charge on any atom is -0.306 e. The molecular formula is C23H17BrF3N3O2. The van der Waals surface area contributed by atoms with Gasteiger partial charge in [-0.1, -0.05) is 76.6 Å². The Kier molecular flexibility index (Phi) is 5.92. The van der Waals surface area contributed by atoms with Gasteiger partial charge in [0, 0.05) is 10.2 Å². The minimum absolute atomic E-state index is 0.0465. The molecule has 0 aliphatic carbocycles. The third-order valence-corrected chi connectivity index (χ3v) is 5.84. The second kappa shape index (κ2) is 8.66. The summed E-state index contributed by atoms with van der Waals surface area (Å²) < 4.78 is 39.6. The third kappa shape index (κ3) is 4.34. The quantitative estimate of drug-likeness (QED) is 0.469. The Morgan fingerprint density at radius 1 is 0.938 bits per heavy atom. The van der Waals surface area contributed by atoms with Crippen LogP contribution in [0.3, 0.4) is 0 Å². The fourth-order valence-electron chi connectivity index (χ4n) is 3.72. The van der Waals surface area contributed by atoms with Gasteiger partial charge in [0.15, 0.2) is 0 Å². The second-order valence-corrected chi connectivity index (χ2v) is 8.07. The predicted octanol–water partition coefficient (Wildman–Crippen LogP) is 5.87. The Morgan fingerprint density at radius 2 is 1.53 bits per heavy atom. The Balaban J connectivity index is 1.67. The SMILES string of the molecule is O=C1NN(C(=O)Nc2ccc(Br)c(C(F)(F)F)c2)C(c2ccccc2)C1c1ccccc1. The van der Waals surface area contributed by atoms with Gasteiger partial charge in [-0.25, -0.2) is 9.80 Å². The summed E-state index contributed by atoms with van der Waals surface area (Å²) in [7, 11) is 0. The molecular weight excluding hydrogens is 487 g/mol. The van der Waals surface area contributed by atoms with Crippen LogP contribution in [0.5, 0.6) is 0 Å². The first-order valence-corrected chi connectivity index (χ1v) is 10.4. The molecule has 3 amide bonds. The molecule has 1 aliphatic heterocycles. The highest BCUT2D eigenvalue weighted by Gasteiger charge is 2.45. The van der Waals surface area contributed by atoms with Crippen LogP contribution in [0.15, 0.2) is 83.3 Å². The van der Waals surface area contributed by atoms with Gasteiger partial charge in [-0.3, -0.25) is 10.2 Å². The lowest BCUT2D eigenvalue weighted by Gasteiger charge is -2.26. The van der Waals surface area contributed by atoms with Crippen LogP contribution in [0.25, 0.3) is 0 Å². The van der Waals surface area contributed by atoms with E-state index in [0.717, 1.165) is 16.6 Å². The maximum absolute atomic E-state index is 13.2. The van der Waals surface area contributed by atoms with E-state index in [1.165, 1.54) is 12.1 Å². The van der Waals surface area contributed by atoms with Gasteiger partial charge in [0.2, 0.25) is 5.91 Å². The third-order valence-electron chi connectivity index (χ3n) is 5.15. The van der Waals surface area contributed by atoms with Crippen molar-refractivity contribution in [2.24, 2.45) is 0 Å². The molecule has 0 saturated carbocycles. The lowest BCUT2D eigenvalue weighted by atomic mass is 9.87. The zero-order valence-electron chi connectivity index (χ0n) is 16.4. The van der Waals surface area contributed by atoms with Crippen molar-refractivity contribution in [1.29, 1.82) is 0 Å². The summed E-state index contributed by atoms with van der Waals surface area (Å²) >= 11 is 2.88. The normalized spacial score (nSPS) is 18.4. The van der Waals surface area contributed by atoms with Crippen molar-refractivity contribution in [3.05, 3.63) is 100 Å². The van der Waals surface area contributed by atoms with Crippen LogP contribution in [0.1, 0.15) is 28.7 Å². The number of rotatable bonds is 3. The molecule has 3 aromatic rings. The molecule has 32 heavy (non-hydrogen) atoms. The fourth-order valence-corrected chi connectivity index (χ4v) is 4.19. The maximum Gasteiger partial charge on any atom is 0.417 e. The molecule has 1 fully saturated rings. The molecule has 9 heteroatoms. The molecule has 1 aliphatic rings. The Labute approximate surface area is 190 Å². The van der Waals surface area contributed by atoms with Crippen molar-refractivity contribution in [2.45, 2.75) is 18.1 Å². The number of urea groups is 1. The van der Waals surface area contributed by atoms with E-state index in [1.807, 2.05) is 12.1 Å². The van der Waals surface area contributed by atoms with Crippen LogP contribution in [0.4, 0.5) is 23.7 Å². The van der Waals surface area contributed by atoms with Gasteiger partial charge in [-0.15, -0.1) is 0 Å². The van der Waals surface area contributed by atoms with Gasteiger partial charge in [0.05, 0.1) is 17.5 Å². The Bertz CT molecular complexity index is 1140.